The van der Waals surface area contributed by atoms with E-state index in [1.54, 1.807) is 0 Å². The number of nitrogens with zero attached hydrogens (tertiary/aromatic N) is 3. The van der Waals surface area contributed by atoms with Crippen molar-refractivity contribution in [3.63, 3.8) is 0 Å². The lowest BCUT2D eigenvalue weighted by Crippen LogP contribution is -2.02. The summed E-state index contributed by atoms with van der Waals surface area (Å²) < 4.78 is 1.90. The van der Waals surface area contributed by atoms with E-state index in [2.05, 4.69) is 55.6 Å². The van der Waals surface area contributed by atoms with Gasteiger partial charge in [-0.3, -0.25) is 0 Å². The number of nitrogens with one attached hydrogen (secondary N) is 1. The molecule has 0 radical (unpaired) electrons. The Morgan fingerprint density at radius 2 is 1.69 bits per heavy atom. The molecule has 130 valence electrons. The lowest BCUT2D eigenvalue weighted by atomic mass is 10.1. The van der Waals surface area contributed by atoms with Crippen LogP contribution in [0.25, 0.3) is 16.9 Å². The summed E-state index contributed by atoms with van der Waals surface area (Å²) >= 11 is 0. The highest BCUT2D eigenvalue weighted by Gasteiger charge is 2.15. The van der Waals surface area contributed by atoms with Crippen LogP contribution < -0.4 is 5.32 Å². The van der Waals surface area contributed by atoms with Crippen molar-refractivity contribution in [3.05, 3.63) is 77.5 Å². The van der Waals surface area contributed by atoms with Crippen LogP contribution in [0, 0.1) is 13.8 Å². The van der Waals surface area contributed by atoms with E-state index in [1.807, 2.05) is 35.7 Å². The molecule has 2 heterocycles. The molecule has 4 rings (SSSR count). The van der Waals surface area contributed by atoms with Gasteiger partial charge >= 0.3 is 0 Å². The van der Waals surface area contributed by atoms with Gasteiger partial charge in [-0.15, -0.1) is 0 Å². The second kappa shape index (κ2) is 6.64. The first kappa shape index (κ1) is 16.3. The molecule has 0 bridgehead atoms. The first-order chi connectivity index (χ1) is 12.7. The van der Waals surface area contributed by atoms with Crippen molar-refractivity contribution in [2.24, 2.45) is 0 Å². The van der Waals surface area contributed by atoms with Crippen LogP contribution in [0.15, 0.2) is 60.7 Å². The number of anilines is 2. The number of hydrogen-bond acceptors (Lipinski definition) is 3. The molecule has 2 aromatic heterocycles. The maximum Gasteiger partial charge on any atom is 0.161 e. The molecule has 0 aliphatic carbocycles. The maximum atomic E-state index is 4.85. The van der Waals surface area contributed by atoms with Crippen LogP contribution in [0.2, 0.25) is 0 Å². The first-order valence-electron chi connectivity index (χ1n) is 8.94. The van der Waals surface area contributed by atoms with E-state index in [-0.39, 0.29) is 0 Å². The molecule has 26 heavy (non-hydrogen) atoms. The lowest BCUT2D eigenvalue weighted by molar-refractivity contribution is 0.941. The monoisotopic (exact) mass is 342 g/mol. The largest absolute Gasteiger partial charge is 0.340 e. The van der Waals surface area contributed by atoms with Gasteiger partial charge in [-0.05, 0) is 38.0 Å². The van der Waals surface area contributed by atoms with Crippen molar-refractivity contribution in [2.45, 2.75) is 27.2 Å². The molecule has 0 atom stereocenters. The fourth-order valence-electron chi connectivity index (χ4n) is 3.18. The third-order valence-electron chi connectivity index (χ3n) is 4.63. The molecule has 0 amide bonds. The Labute approximate surface area is 153 Å². The minimum absolute atomic E-state index is 0.886. The summed E-state index contributed by atoms with van der Waals surface area (Å²) in [7, 11) is 0. The highest BCUT2D eigenvalue weighted by Crippen LogP contribution is 2.27. The zero-order valence-corrected chi connectivity index (χ0v) is 15.3. The topological polar surface area (TPSA) is 42.2 Å². The van der Waals surface area contributed by atoms with Gasteiger partial charge in [0.2, 0.25) is 0 Å². The fraction of sp³-hybridized carbons (Fsp3) is 0.182. The molecule has 4 nitrogen and oxygen atoms in total. The molecule has 1 N–H and O–H groups in total. The van der Waals surface area contributed by atoms with Gasteiger partial charge in [-0.2, -0.15) is 9.61 Å². The second-order valence-electron chi connectivity index (χ2n) is 6.53. The second-order valence-corrected chi connectivity index (χ2v) is 6.53. The minimum atomic E-state index is 0.886. The van der Waals surface area contributed by atoms with Crippen LogP contribution >= 0.6 is 0 Å². The van der Waals surface area contributed by atoms with E-state index in [1.165, 1.54) is 5.56 Å². The van der Waals surface area contributed by atoms with E-state index >= 15 is 0 Å². The van der Waals surface area contributed by atoms with Crippen molar-refractivity contribution >= 4 is 17.2 Å². The van der Waals surface area contributed by atoms with E-state index < -0.39 is 0 Å². The number of rotatable bonds is 4. The van der Waals surface area contributed by atoms with Gasteiger partial charge < -0.3 is 5.32 Å². The average molecular weight is 342 g/mol. The van der Waals surface area contributed by atoms with Crippen LogP contribution in [0.1, 0.15) is 23.7 Å². The van der Waals surface area contributed by atoms with Crippen molar-refractivity contribution < 1.29 is 0 Å². The summed E-state index contributed by atoms with van der Waals surface area (Å²) in [5.74, 6) is 0.919. The summed E-state index contributed by atoms with van der Waals surface area (Å²) in [6.07, 6.45) is 1.04. The van der Waals surface area contributed by atoms with E-state index in [0.717, 1.165) is 46.1 Å². The van der Waals surface area contributed by atoms with Gasteiger partial charge in [0.25, 0.3) is 0 Å². The summed E-state index contributed by atoms with van der Waals surface area (Å²) in [6, 6.07) is 20.8. The maximum absolute atomic E-state index is 4.85. The van der Waals surface area contributed by atoms with Crippen LogP contribution in [0.3, 0.4) is 0 Å². The molecule has 0 spiro atoms. The third kappa shape index (κ3) is 2.94. The van der Waals surface area contributed by atoms with Crippen molar-refractivity contribution in [2.75, 3.05) is 5.32 Å². The van der Waals surface area contributed by atoms with Gasteiger partial charge in [0, 0.05) is 28.6 Å². The van der Waals surface area contributed by atoms with Crippen LogP contribution in [-0.2, 0) is 6.42 Å². The molecule has 0 unspecified atom stereocenters. The van der Waals surface area contributed by atoms with Crippen LogP contribution in [-0.4, -0.2) is 14.6 Å². The molecule has 0 saturated heterocycles. The number of fused-ring (bicyclic) bond motifs is 1. The highest BCUT2D eigenvalue weighted by molar-refractivity contribution is 5.72. The summed E-state index contributed by atoms with van der Waals surface area (Å²) in [5, 5.41) is 8.34. The molecule has 0 aliphatic rings. The summed E-state index contributed by atoms with van der Waals surface area (Å²) in [5.41, 5.74) is 7.38. The van der Waals surface area contributed by atoms with Crippen molar-refractivity contribution in [1.82, 2.24) is 14.6 Å². The van der Waals surface area contributed by atoms with Gasteiger partial charge in [0.05, 0.1) is 5.69 Å². The molecule has 0 fully saturated rings. The minimum Gasteiger partial charge on any atom is -0.340 e. The zero-order valence-electron chi connectivity index (χ0n) is 15.3. The Morgan fingerprint density at radius 3 is 2.38 bits per heavy atom. The SMILES string of the molecule is CCc1ccc(Nc2cc(C)nc3c(C)c(-c4ccccc4)nn23)cc1. The number of hydrogen-bond donors (Lipinski definition) is 1. The van der Waals surface area contributed by atoms with E-state index in [0.29, 0.717) is 0 Å². The molecular formula is C22H22N4. The number of benzene rings is 2. The quantitative estimate of drug-likeness (QED) is 0.546. The molecule has 0 aliphatic heterocycles. The summed E-state index contributed by atoms with van der Waals surface area (Å²) in [6.45, 7) is 6.26. The fourth-order valence-corrected chi connectivity index (χ4v) is 3.18. The Morgan fingerprint density at radius 1 is 0.962 bits per heavy atom. The lowest BCUT2D eigenvalue weighted by Gasteiger charge is -2.10. The summed E-state index contributed by atoms with van der Waals surface area (Å²) in [4.78, 5) is 4.71. The van der Waals surface area contributed by atoms with Crippen LogP contribution in [0.5, 0.6) is 0 Å². The van der Waals surface area contributed by atoms with Gasteiger partial charge in [-0.25, -0.2) is 4.98 Å². The predicted molar refractivity (Wildman–Crippen MR) is 107 cm³/mol. The standard InChI is InChI=1S/C22H22N4/c1-4-17-10-12-19(13-11-17)24-20-14-15(2)23-22-16(3)21(25-26(20)22)18-8-6-5-7-9-18/h5-14,24H,4H2,1-3H3. The smallest absolute Gasteiger partial charge is 0.161 e. The van der Waals surface area contributed by atoms with Crippen LogP contribution in [0.4, 0.5) is 11.5 Å². The Kier molecular flexibility index (Phi) is 4.17. The molecule has 4 aromatic rings. The zero-order chi connectivity index (χ0) is 18.1. The highest BCUT2D eigenvalue weighted by atomic mass is 15.3. The Hall–Kier alpha value is -3.14. The average Bonchev–Trinajstić information content (AvgIpc) is 3.00. The molecule has 4 heteroatoms. The number of aromatic nitrogens is 3. The molecule has 0 saturated carbocycles. The van der Waals surface area contributed by atoms with Crippen molar-refractivity contribution in [3.8, 4) is 11.3 Å². The third-order valence-corrected chi connectivity index (χ3v) is 4.63. The Balaban J connectivity index is 1.81. The van der Waals surface area contributed by atoms with Gasteiger partial charge in [0.1, 0.15) is 5.82 Å². The van der Waals surface area contributed by atoms with Crippen molar-refractivity contribution in [1.29, 1.82) is 0 Å². The van der Waals surface area contributed by atoms with Gasteiger partial charge in [-0.1, -0.05) is 49.4 Å². The molecular weight excluding hydrogens is 320 g/mol. The normalized spacial score (nSPS) is 11.0. The first-order valence-corrected chi connectivity index (χ1v) is 8.94. The number of aryl methyl sites for hydroxylation is 3. The van der Waals surface area contributed by atoms with E-state index in [4.69, 9.17) is 10.1 Å². The van der Waals surface area contributed by atoms with Gasteiger partial charge in [0.15, 0.2) is 5.65 Å². The van der Waals surface area contributed by atoms with E-state index in [9.17, 15) is 0 Å². The Bertz CT molecular complexity index is 1050. The predicted octanol–water partition coefficient (Wildman–Crippen LogP) is 5.32. The molecule has 2 aromatic carbocycles.